The number of halogens is 2. The summed E-state index contributed by atoms with van der Waals surface area (Å²) in [5.74, 6) is -1.88. The number of amides is 1. The standard InChI is InChI=1S/C17H14F2N4O/c1-23-9-8-21-16(23)15(11-5-6-12(18)13(19)10-11)22-17(24)14-4-2-3-7-20-14/h2-10,15H,1H3,(H,22,24). The molecular weight excluding hydrogens is 314 g/mol. The van der Waals surface area contributed by atoms with Gasteiger partial charge < -0.3 is 9.88 Å². The Morgan fingerprint density at radius 3 is 2.58 bits per heavy atom. The number of carbonyl (C=O) groups excluding carboxylic acids is 1. The number of nitrogens with zero attached hydrogens (tertiary/aromatic N) is 3. The van der Waals surface area contributed by atoms with Crippen LogP contribution in [0.25, 0.3) is 0 Å². The van der Waals surface area contributed by atoms with Gasteiger partial charge in [-0.1, -0.05) is 12.1 Å². The number of aryl methyl sites for hydroxylation is 1. The van der Waals surface area contributed by atoms with E-state index in [2.05, 4.69) is 15.3 Å². The van der Waals surface area contributed by atoms with Gasteiger partial charge in [0.15, 0.2) is 11.6 Å². The van der Waals surface area contributed by atoms with E-state index in [0.717, 1.165) is 12.1 Å². The fourth-order valence-corrected chi connectivity index (χ4v) is 2.35. The van der Waals surface area contributed by atoms with Crippen LogP contribution < -0.4 is 5.32 Å². The van der Waals surface area contributed by atoms with Gasteiger partial charge in [-0.25, -0.2) is 13.8 Å². The highest BCUT2D eigenvalue weighted by atomic mass is 19.2. The summed E-state index contributed by atoms with van der Waals surface area (Å²) in [5, 5.41) is 2.77. The van der Waals surface area contributed by atoms with E-state index < -0.39 is 23.6 Å². The molecule has 1 amide bonds. The third-order valence-corrected chi connectivity index (χ3v) is 3.57. The molecule has 0 saturated carbocycles. The van der Waals surface area contributed by atoms with Crippen LogP contribution >= 0.6 is 0 Å². The zero-order valence-electron chi connectivity index (χ0n) is 12.8. The van der Waals surface area contributed by atoms with Crippen molar-refractivity contribution >= 4 is 5.91 Å². The molecule has 2 aromatic heterocycles. The Bertz CT molecular complexity index is 864. The normalized spacial score (nSPS) is 12.0. The topological polar surface area (TPSA) is 59.8 Å². The van der Waals surface area contributed by atoms with Gasteiger partial charge in [-0.15, -0.1) is 0 Å². The van der Waals surface area contributed by atoms with E-state index in [9.17, 15) is 13.6 Å². The summed E-state index contributed by atoms with van der Waals surface area (Å²) in [5.41, 5.74) is 0.603. The van der Waals surface area contributed by atoms with Crippen LogP contribution in [0.15, 0.2) is 55.0 Å². The minimum Gasteiger partial charge on any atom is -0.337 e. The molecule has 0 aliphatic rings. The molecule has 1 aromatic carbocycles. The largest absolute Gasteiger partial charge is 0.337 e. The van der Waals surface area contributed by atoms with Gasteiger partial charge in [0, 0.05) is 25.6 Å². The molecule has 2 heterocycles. The lowest BCUT2D eigenvalue weighted by Gasteiger charge is -2.19. The lowest BCUT2D eigenvalue weighted by molar-refractivity contribution is 0.0936. The molecule has 5 nitrogen and oxygen atoms in total. The summed E-state index contributed by atoms with van der Waals surface area (Å²) in [6.07, 6.45) is 4.77. The molecule has 3 aromatic rings. The second kappa shape index (κ2) is 6.57. The molecule has 0 fully saturated rings. The first-order chi connectivity index (χ1) is 11.6. The van der Waals surface area contributed by atoms with E-state index in [1.807, 2.05) is 0 Å². The fourth-order valence-electron chi connectivity index (χ4n) is 2.35. The Morgan fingerprint density at radius 1 is 1.12 bits per heavy atom. The monoisotopic (exact) mass is 328 g/mol. The highest BCUT2D eigenvalue weighted by molar-refractivity contribution is 5.92. The number of pyridine rings is 1. The average molecular weight is 328 g/mol. The molecule has 0 spiro atoms. The van der Waals surface area contributed by atoms with Crippen molar-refractivity contribution in [3.63, 3.8) is 0 Å². The summed E-state index contributed by atoms with van der Waals surface area (Å²) < 4.78 is 28.5. The number of aromatic nitrogens is 3. The van der Waals surface area contributed by atoms with Crippen LogP contribution in [0.2, 0.25) is 0 Å². The van der Waals surface area contributed by atoms with Gasteiger partial charge >= 0.3 is 0 Å². The summed E-state index contributed by atoms with van der Waals surface area (Å²) in [6, 6.07) is 7.69. The molecule has 0 saturated heterocycles. The fraction of sp³-hybridized carbons (Fsp3) is 0.118. The van der Waals surface area contributed by atoms with E-state index in [1.54, 1.807) is 42.2 Å². The molecule has 1 unspecified atom stereocenters. The van der Waals surface area contributed by atoms with Crippen LogP contribution in [0.3, 0.4) is 0 Å². The SMILES string of the molecule is Cn1ccnc1C(NC(=O)c1ccccn1)c1ccc(F)c(F)c1. The van der Waals surface area contributed by atoms with Crippen LogP contribution in [0.1, 0.15) is 27.9 Å². The van der Waals surface area contributed by atoms with Crippen molar-refractivity contribution in [3.8, 4) is 0 Å². The van der Waals surface area contributed by atoms with Crippen molar-refractivity contribution in [2.45, 2.75) is 6.04 Å². The third kappa shape index (κ3) is 3.15. The number of rotatable bonds is 4. The zero-order valence-corrected chi connectivity index (χ0v) is 12.8. The molecule has 0 bridgehead atoms. The van der Waals surface area contributed by atoms with E-state index in [1.165, 1.54) is 12.3 Å². The molecule has 0 aliphatic carbocycles. The maximum atomic E-state index is 13.6. The molecule has 0 radical (unpaired) electrons. The summed E-state index contributed by atoms with van der Waals surface area (Å²) >= 11 is 0. The number of nitrogens with one attached hydrogen (secondary N) is 1. The first-order valence-electron chi connectivity index (χ1n) is 7.20. The third-order valence-electron chi connectivity index (χ3n) is 3.57. The lowest BCUT2D eigenvalue weighted by atomic mass is 10.1. The highest BCUT2D eigenvalue weighted by Gasteiger charge is 2.23. The second-order valence-electron chi connectivity index (χ2n) is 5.19. The molecule has 24 heavy (non-hydrogen) atoms. The summed E-state index contributed by atoms with van der Waals surface area (Å²) in [6.45, 7) is 0. The molecule has 7 heteroatoms. The first kappa shape index (κ1) is 15.8. The Hall–Kier alpha value is -3.09. The Kier molecular flexibility index (Phi) is 4.33. The zero-order chi connectivity index (χ0) is 17.1. The minimum atomic E-state index is -0.987. The Morgan fingerprint density at radius 2 is 1.96 bits per heavy atom. The van der Waals surface area contributed by atoms with Crippen LogP contribution in [0.4, 0.5) is 8.78 Å². The predicted molar refractivity (Wildman–Crippen MR) is 83.1 cm³/mol. The Balaban J connectivity index is 1.98. The van der Waals surface area contributed by atoms with Crippen molar-refractivity contribution < 1.29 is 13.6 Å². The van der Waals surface area contributed by atoms with Crippen molar-refractivity contribution in [2.24, 2.45) is 7.05 Å². The minimum absolute atomic E-state index is 0.222. The first-order valence-corrected chi connectivity index (χ1v) is 7.20. The van der Waals surface area contributed by atoms with Gasteiger partial charge in [-0.05, 0) is 29.8 Å². The van der Waals surface area contributed by atoms with Crippen LogP contribution in [-0.2, 0) is 7.05 Å². The number of benzene rings is 1. The van der Waals surface area contributed by atoms with Gasteiger partial charge in [-0.3, -0.25) is 9.78 Å². The van der Waals surface area contributed by atoms with E-state index in [-0.39, 0.29) is 5.69 Å². The molecule has 122 valence electrons. The summed E-state index contributed by atoms with van der Waals surface area (Å²) in [7, 11) is 1.75. The predicted octanol–water partition coefficient (Wildman–Crippen LogP) is 2.61. The molecule has 1 atom stereocenters. The number of hydrogen-bond donors (Lipinski definition) is 1. The van der Waals surface area contributed by atoms with E-state index >= 15 is 0 Å². The van der Waals surface area contributed by atoms with Gasteiger partial charge in [0.1, 0.15) is 17.6 Å². The van der Waals surface area contributed by atoms with Crippen molar-refractivity contribution in [3.05, 3.63) is 83.7 Å². The molecule has 1 N–H and O–H groups in total. The van der Waals surface area contributed by atoms with Crippen LogP contribution in [-0.4, -0.2) is 20.4 Å². The van der Waals surface area contributed by atoms with Gasteiger partial charge in [0.25, 0.3) is 5.91 Å². The van der Waals surface area contributed by atoms with Gasteiger partial charge in [-0.2, -0.15) is 0 Å². The number of hydrogen-bond acceptors (Lipinski definition) is 3. The summed E-state index contributed by atoms with van der Waals surface area (Å²) in [4.78, 5) is 20.6. The maximum Gasteiger partial charge on any atom is 0.270 e. The van der Waals surface area contributed by atoms with E-state index in [0.29, 0.717) is 11.4 Å². The van der Waals surface area contributed by atoms with Crippen LogP contribution in [0, 0.1) is 11.6 Å². The number of imidazole rings is 1. The highest BCUT2D eigenvalue weighted by Crippen LogP contribution is 2.22. The number of carbonyl (C=O) groups is 1. The van der Waals surface area contributed by atoms with Crippen molar-refractivity contribution in [1.82, 2.24) is 19.9 Å². The van der Waals surface area contributed by atoms with Crippen molar-refractivity contribution in [1.29, 1.82) is 0 Å². The van der Waals surface area contributed by atoms with Crippen molar-refractivity contribution in [2.75, 3.05) is 0 Å². The molecule has 0 aliphatic heterocycles. The Labute approximate surface area is 137 Å². The van der Waals surface area contributed by atoms with Gasteiger partial charge in [0.05, 0.1) is 0 Å². The quantitative estimate of drug-likeness (QED) is 0.801. The maximum absolute atomic E-state index is 13.6. The van der Waals surface area contributed by atoms with E-state index in [4.69, 9.17) is 0 Å². The second-order valence-corrected chi connectivity index (χ2v) is 5.19. The molecule has 3 rings (SSSR count). The molecular formula is C17H14F2N4O. The smallest absolute Gasteiger partial charge is 0.270 e. The van der Waals surface area contributed by atoms with Gasteiger partial charge in [0.2, 0.25) is 0 Å². The van der Waals surface area contributed by atoms with Crippen LogP contribution in [0.5, 0.6) is 0 Å². The lowest BCUT2D eigenvalue weighted by Crippen LogP contribution is -2.31. The average Bonchev–Trinajstić information content (AvgIpc) is 3.01.